The van der Waals surface area contributed by atoms with E-state index < -0.39 is 20.7 Å². The van der Waals surface area contributed by atoms with Crippen LogP contribution in [0.3, 0.4) is 0 Å². The SMILES string of the molecule is COc1ccc(CCc2cnc3c(N)nc4cc(C(=O)P(=O)(O)O)ccc4c3c2)c(C)c1.Cc1ccc2c(c1)nc(N)c1ncc(CCc3ccc(OCCCCP(=O)(O)O)cc3C)cc12. The third-order valence-corrected chi connectivity index (χ3v) is 13.1. The van der Waals surface area contributed by atoms with E-state index in [2.05, 4.69) is 57.2 Å². The third-order valence-electron chi connectivity index (χ3n) is 11.4. The highest BCUT2D eigenvalue weighted by Crippen LogP contribution is 2.40. The Morgan fingerprint density at radius 1 is 0.621 bits per heavy atom. The molecule has 8 aromatic rings. The Balaban J connectivity index is 0.000000197. The van der Waals surface area contributed by atoms with Crippen molar-refractivity contribution in [1.82, 2.24) is 19.9 Å². The summed E-state index contributed by atoms with van der Waals surface area (Å²) < 4.78 is 33.2. The molecule has 0 fully saturated rings. The van der Waals surface area contributed by atoms with Crippen molar-refractivity contribution in [2.24, 2.45) is 0 Å². The van der Waals surface area contributed by atoms with Gasteiger partial charge in [-0.05, 0) is 153 Å². The van der Waals surface area contributed by atoms with Gasteiger partial charge in [-0.15, -0.1) is 0 Å². The topological polar surface area (TPSA) is 254 Å². The normalized spacial score (nSPS) is 11.8. The lowest BCUT2D eigenvalue weighted by Crippen LogP contribution is -2.02. The predicted octanol–water partition coefficient (Wildman–Crippen LogP) is 8.89. The van der Waals surface area contributed by atoms with E-state index in [9.17, 15) is 23.7 Å². The maximum Gasteiger partial charge on any atom is 0.396 e. The predicted molar refractivity (Wildman–Crippen MR) is 259 cm³/mol. The highest BCUT2D eigenvalue weighted by atomic mass is 31.2. The minimum atomic E-state index is -4.89. The van der Waals surface area contributed by atoms with Gasteiger partial charge in [-0.25, -0.2) is 9.97 Å². The smallest absolute Gasteiger partial charge is 0.396 e. The van der Waals surface area contributed by atoms with Gasteiger partial charge in [0.05, 0.1) is 24.8 Å². The monoisotopic (exact) mass is 930 g/mol. The summed E-state index contributed by atoms with van der Waals surface area (Å²) in [6, 6.07) is 26.8. The van der Waals surface area contributed by atoms with Gasteiger partial charge in [-0.1, -0.05) is 30.3 Å². The first-order chi connectivity index (χ1) is 31.4. The fourth-order valence-electron chi connectivity index (χ4n) is 7.87. The molecule has 0 amide bonds. The Morgan fingerprint density at radius 2 is 1.15 bits per heavy atom. The zero-order valence-electron chi connectivity index (χ0n) is 37.1. The largest absolute Gasteiger partial charge is 0.497 e. The molecule has 342 valence electrons. The molecule has 8 N–H and O–H groups in total. The second kappa shape index (κ2) is 20.1. The molecule has 4 aromatic heterocycles. The van der Waals surface area contributed by atoms with Gasteiger partial charge < -0.3 is 40.5 Å². The van der Waals surface area contributed by atoms with Crippen LogP contribution in [0.1, 0.15) is 62.1 Å². The molecule has 0 radical (unpaired) electrons. The number of anilines is 2. The Kier molecular flexibility index (Phi) is 14.5. The molecule has 0 saturated carbocycles. The summed E-state index contributed by atoms with van der Waals surface area (Å²) in [4.78, 5) is 66.0. The van der Waals surface area contributed by atoms with E-state index >= 15 is 0 Å². The molecular weight excluding hydrogens is 879 g/mol. The van der Waals surface area contributed by atoms with Crippen molar-refractivity contribution in [3.8, 4) is 11.5 Å². The lowest BCUT2D eigenvalue weighted by atomic mass is 9.99. The number of pyridine rings is 4. The minimum absolute atomic E-state index is 0.101. The molecular formula is C49H52N6O9P2. The van der Waals surface area contributed by atoms with E-state index in [4.69, 9.17) is 30.7 Å². The summed E-state index contributed by atoms with van der Waals surface area (Å²) >= 11 is 0. The molecule has 0 aliphatic heterocycles. The molecule has 0 atom stereocenters. The number of aromatic nitrogens is 4. The van der Waals surface area contributed by atoms with Crippen LogP contribution < -0.4 is 20.9 Å². The molecule has 0 bridgehead atoms. The van der Waals surface area contributed by atoms with Crippen molar-refractivity contribution < 1.29 is 43.0 Å². The van der Waals surface area contributed by atoms with E-state index in [0.717, 1.165) is 92.2 Å². The van der Waals surface area contributed by atoms with Gasteiger partial charge in [0.1, 0.15) is 22.5 Å². The number of aryl methyl sites for hydroxylation is 7. The zero-order valence-corrected chi connectivity index (χ0v) is 38.9. The van der Waals surface area contributed by atoms with E-state index in [1.165, 1.54) is 23.3 Å². The number of rotatable bonds is 15. The first-order valence-electron chi connectivity index (χ1n) is 21.3. The Morgan fingerprint density at radius 3 is 1.68 bits per heavy atom. The second-order valence-electron chi connectivity index (χ2n) is 16.4. The van der Waals surface area contributed by atoms with Crippen LogP contribution in [0.5, 0.6) is 11.5 Å². The number of carbonyl (C=O) groups excluding carboxylic acids is 1. The van der Waals surface area contributed by atoms with Crippen LogP contribution in [0.2, 0.25) is 0 Å². The standard InChI is InChI=1S/C26H30N3O4P.C23H22N3O5P/c1-17-5-10-22-23-15-19(16-28-25(23)26(27)29-24(22)13-17)6-7-20-8-9-21(14-18(20)2)33-11-3-4-12-34(30,31)32;1-13-9-17(31-2)7-5-15(13)4-3-14-10-19-18-8-6-16(23(27)32(28,29)30)11-20(18)26-22(24)21(19)25-12-14/h5,8-10,13-16H,3-4,6-7,11-12H2,1-2H3,(H2,27,29)(H2,30,31,32);5-12H,3-4H2,1-2H3,(H2,24,26)(H2,28,29,30). The Bertz CT molecular complexity index is 3230. The Labute approximate surface area is 381 Å². The van der Waals surface area contributed by atoms with Gasteiger partial charge in [0.25, 0.3) is 5.52 Å². The fraction of sp³-hybridized carbons (Fsp3) is 0.245. The molecule has 66 heavy (non-hydrogen) atoms. The van der Waals surface area contributed by atoms with Crippen LogP contribution in [0, 0.1) is 20.8 Å². The zero-order chi connectivity index (χ0) is 47.3. The maximum absolute atomic E-state index is 12.0. The number of nitrogen functional groups attached to an aromatic ring is 2. The van der Waals surface area contributed by atoms with Crippen molar-refractivity contribution in [2.45, 2.75) is 59.3 Å². The highest BCUT2D eigenvalue weighted by Gasteiger charge is 2.28. The molecule has 8 rings (SSSR count). The first kappa shape index (κ1) is 47.6. The molecule has 4 heterocycles. The number of unbranched alkanes of at least 4 members (excludes halogenated alkanes) is 1. The Hall–Kier alpha value is -6.31. The van der Waals surface area contributed by atoms with Crippen LogP contribution in [0.4, 0.5) is 11.6 Å². The van der Waals surface area contributed by atoms with Gasteiger partial charge >= 0.3 is 15.2 Å². The van der Waals surface area contributed by atoms with Crippen LogP contribution in [0.15, 0.2) is 97.3 Å². The van der Waals surface area contributed by atoms with Crippen LogP contribution in [-0.2, 0) is 34.8 Å². The minimum Gasteiger partial charge on any atom is -0.497 e. The molecule has 0 unspecified atom stereocenters. The summed E-state index contributed by atoms with van der Waals surface area (Å²) in [6.07, 6.45) is 7.91. The summed E-state index contributed by atoms with van der Waals surface area (Å²) in [5.74, 6) is 2.23. The van der Waals surface area contributed by atoms with Crippen LogP contribution >= 0.6 is 15.2 Å². The first-order valence-corrected chi connectivity index (χ1v) is 24.7. The summed E-state index contributed by atoms with van der Waals surface area (Å²) in [5.41, 5.74) is 21.5. The third kappa shape index (κ3) is 11.6. The summed E-state index contributed by atoms with van der Waals surface area (Å²) in [7, 11) is -7.17. The van der Waals surface area contributed by atoms with Gasteiger partial charge in [0.15, 0.2) is 11.6 Å². The number of nitrogens with zero attached hydrogens (tertiary/aromatic N) is 4. The molecule has 0 aliphatic rings. The molecule has 17 heteroatoms. The average molecular weight is 931 g/mol. The van der Waals surface area contributed by atoms with E-state index in [1.54, 1.807) is 19.4 Å². The number of benzene rings is 4. The van der Waals surface area contributed by atoms with Crippen LogP contribution in [0.25, 0.3) is 43.6 Å². The number of methoxy groups -OCH3 is 1. The summed E-state index contributed by atoms with van der Waals surface area (Å²) in [6.45, 7) is 6.60. The van der Waals surface area contributed by atoms with Crippen molar-refractivity contribution in [2.75, 3.05) is 31.3 Å². The van der Waals surface area contributed by atoms with Gasteiger partial charge in [0.2, 0.25) is 0 Å². The summed E-state index contributed by atoms with van der Waals surface area (Å²) in [5, 5.41) is 3.56. The van der Waals surface area contributed by atoms with Gasteiger partial charge in [0, 0.05) is 45.7 Å². The van der Waals surface area contributed by atoms with Crippen molar-refractivity contribution in [3.05, 3.63) is 142 Å². The van der Waals surface area contributed by atoms with E-state index in [1.807, 2.05) is 56.4 Å². The number of ether oxygens (including phenoxy) is 2. The number of hydrogen-bond acceptors (Lipinski definition) is 11. The number of nitrogens with two attached hydrogens (primary N) is 2. The fourth-order valence-corrected chi connectivity index (χ4v) is 8.98. The van der Waals surface area contributed by atoms with E-state index in [0.29, 0.717) is 41.7 Å². The molecule has 0 aliphatic carbocycles. The average Bonchev–Trinajstić information content (AvgIpc) is 3.27. The number of fused-ring (bicyclic) bond motifs is 6. The quantitative estimate of drug-likeness (QED) is 0.0319. The number of hydrogen-bond donors (Lipinski definition) is 6. The maximum atomic E-state index is 12.0. The number of carbonyl (C=O) groups is 1. The van der Waals surface area contributed by atoms with Crippen molar-refractivity contribution in [3.63, 3.8) is 0 Å². The van der Waals surface area contributed by atoms with Gasteiger partial charge in [-0.3, -0.25) is 23.9 Å². The lowest BCUT2D eigenvalue weighted by Gasteiger charge is -2.11. The molecule has 0 saturated heterocycles. The second-order valence-corrected chi connectivity index (χ2v) is 19.7. The highest BCUT2D eigenvalue weighted by molar-refractivity contribution is 7.70. The lowest BCUT2D eigenvalue weighted by molar-refractivity contribution is 0.104. The van der Waals surface area contributed by atoms with Crippen LogP contribution in [-0.4, -0.2) is 64.9 Å². The van der Waals surface area contributed by atoms with Gasteiger partial charge in [-0.2, -0.15) is 0 Å². The molecule has 15 nitrogen and oxygen atoms in total. The molecule has 0 spiro atoms. The van der Waals surface area contributed by atoms with Crippen molar-refractivity contribution in [1.29, 1.82) is 0 Å². The molecule has 4 aromatic carbocycles. The van der Waals surface area contributed by atoms with E-state index in [-0.39, 0.29) is 17.5 Å². The van der Waals surface area contributed by atoms with Crippen molar-refractivity contribution >= 4 is 76.0 Å².